The molecular weight excluding hydrogens is 218 g/mol. The van der Waals surface area contributed by atoms with Gasteiger partial charge in [-0.2, -0.15) is 0 Å². The Bertz CT molecular complexity index is 303. The van der Waals surface area contributed by atoms with E-state index in [0.717, 1.165) is 25.4 Å². The van der Waals surface area contributed by atoms with Crippen molar-refractivity contribution in [1.82, 2.24) is 4.90 Å². The van der Waals surface area contributed by atoms with Gasteiger partial charge in [-0.25, -0.2) is 0 Å². The number of carbonyl (C=O) groups is 2. The van der Waals surface area contributed by atoms with E-state index < -0.39 is 5.97 Å². The molecule has 0 aromatic carbocycles. The van der Waals surface area contributed by atoms with Gasteiger partial charge in [0, 0.05) is 25.9 Å². The maximum absolute atomic E-state index is 11.9. The van der Waals surface area contributed by atoms with Crippen molar-refractivity contribution in [3.63, 3.8) is 0 Å². The molecular formula is C13H21NO3. The summed E-state index contributed by atoms with van der Waals surface area (Å²) in [5.74, 6) is 0.870. The number of likely N-dealkylation sites (tertiary alicyclic amines) is 1. The van der Waals surface area contributed by atoms with Crippen LogP contribution in [0.1, 0.15) is 44.9 Å². The second kappa shape index (κ2) is 5.52. The molecule has 0 aromatic rings. The highest BCUT2D eigenvalue weighted by Gasteiger charge is 2.31. The topological polar surface area (TPSA) is 57.6 Å². The van der Waals surface area contributed by atoms with E-state index in [1.165, 1.54) is 19.3 Å². The van der Waals surface area contributed by atoms with Crippen LogP contribution in [0.4, 0.5) is 0 Å². The molecule has 1 aliphatic heterocycles. The molecule has 2 unspecified atom stereocenters. The van der Waals surface area contributed by atoms with Crippen LogP contribution in [0.15, 0.2) is 0 Å². The number of fused-ring (bicyclic) bond motifs is 2. The highest BCUT2D eigenvalue weighted by atomic mass is 16.4. The molecule has 0 radical (unpaired) electrons. The Morgan fingerprint density at radius 3 is 2.65 bits per heavy atom. The number of rotatable bonds is 4. The molecule has 2 rings (SSSR count). The smallest absolute Gasteiger partial charge is 0.303 e. The second-order valence-electron chi connectivity index (χ2n) is 5.42. The molecule has 2 fully saturated rings. The fourth-order valence-electron chi connectivity index (χ4n) is 3.12. The third-order valence-electron chi connectivity index (χ3n) is 4.07. The van der Waals surface area contributed by atoms with Crippen LogP contribution >= 0.6 is 0 Å². The highest BCUT2D eigenvalue weighted by Crippen LogP contribution is 2.36. The third-order valence-corrected chi connectivity index (χ3v) is 4.07. The Labute approximate surface area is 102 Å². The molecule has 0 spiro atoms. The summed E-state index contributed by atoms with van der Waals surface area (Å²) in [6.07, 6.45) is 6.00. The Hall–Kier alpha value is -1.06. The van der Waals surface area contributed by atoms with Gasteiger partial charge >= 0.3 is 5.97 Å². The zero-order valence-electron chi connectivity index (χ0n) is 10.2. The van der Waals surface area contributed by atoms with Gasteiger partial charge in [-0.3, -0.25) is 9.59 Å². The summed E-state index contributed by atoms with van der Waals surface area (Å²) in [5, 5.41) is 8.54. The van der Waals surface area contributed by atoms with Crippen LogP contribution in [0.3, 0.4) is 0 Å². The fourth-order valence-corrected chi connectivity index (χ4v) is 3.12. The second-order valence-corrected chi connectivity index (χ2v) is 5.42. The zero-order chi connectivity index (χ0) is 12.3. The molecule has 1 saturated carbocycles. The molecule has 2 atom stereocenters. The summed E-state index contributed by atoms with van der Waals surface area (Å²) in [5.41, 5.74) is 0. The summed E-state index contributed by atoms with van der Waals surface area (Å²) in [6.45, 7) is 1.79. The standard InChI is InChI=1S/C13H21NO3/c15-12(2-1-3-13(16)17)14-7-6-10-4-5-11(8-10)9-14/h10-11H,1-9H2,(H,16,17). The van der Waals surface area contributed by atoms with Crippen molar-refractivity contribution in [2.75, 3.05) is 13.1 Å². The normalized spacial score (nSPS) is 27.9. The van der Waals surface area contributed by atoms with Gasteiger partial charge in [0.05, 0.1) is 0 Å². The minimum atomic E-state index is -0.812. The Morgan fingerprint density at radius 1 is 1.12 bits per heavy atom. The van der Waals surface area contributed by atoms with Crippen LogP contribution in [-0.2, 0) is 9.59 Å². The van der Waals surface area contributed by atoms with Crippen molar-refractivity contribution >= 4 is 11.9 Å². The molecule has 17 heavy (non-hydrogen) atoms. The van der Waals surface area contributed by atoms with Crippen molar-refractivity contribution in [2.45, 2.75) is 44.9 Å². The molecule has 1 aliphatic carbocycles. The number of carbonyl (C=O) groups excluding carboxylic acids is 1. The monoisotopic (exact) mass is 239 g/mol. The van der Waals surface area contributed by atoms with Crippen LogP contribution in [-0.4, -0.2) is 35.0 Å². The molecule has 2 aliphatic rings. The Balaban J connectivity index is 1.77. The SMILES string of the molecule is O=C(O)CCCC(=O)N1CCC2CCC(C2)C1. The number of aliphatic carboxylic acids is 1. The predicted molar refractivity (Wildman–Crippen MR) is 63.5 cm³/mol. The lowest BCUT2D eigenvalue weighted by atomic mass is 10.0. The molecule has 4 nitrogen and oxygen atoms in total. The third kappa shape index (κ3) is 3.45. The first kappa shape index (κ1) is 12.4. The van der Waals surface area contributed by atoms with Crippen LogP contribution in [0.2, 0.25) is 0 Å². The van der Waals surface area contributed by atoms with E-state index in [0.29, 0.717) is 18.8 Å². The molecule has 2 bridgehead atoms. The summed E-state index contributed by atoms with van der Waals surface area (Å²) >= 11 is 0. The maximum Gasteiger partial charge on any atom is 0.303 e. The lowest BCUT2D eigenvalue weighted by Crippen LogP contribution is -2.35. The predicted octanol–water partition coefficient (Wildman–Crippen LogP) is 1.89. The lowest BCUT2D eigenvalue weighted by molar-refractivity contribution is -0.137. The van der Waals surface area contributed by atoms with Gasteiger partial charge in [0.2, 0.25) is 5.91 Å². The van der Waals surface area contributed by atoms with E-state index in [4.69, 9.17) is 5.11 Å². The number of hydrogen-bond donors (Lipinski definition) is 1. The number of hydrogen-bond acceptors (Lipinski definition) is 2. The summed E-state index contributed by atoms with van der Waals surface area (Å²) < 4.78 is 0. The largest absolute Gasteiger partial charge is 0.481 e. The first-order chi connectivity index (χ1) is 8.15. The van der Waals surface area contributed by atoms with E-state index in [2.05, 4.69) is 0 Å². The number of nitrogens with zero attached hydrogens (tertiary/aromatic N) is 1. The summed E-state index contributed by atoms with van der Waals surface area (Å²) in [6, 6.07) is 0. The Kier molecular flexibility index (Phi) is 4.02. The van der Waals surface area contributed by atoms with E-state index in [9.17, 15) is 9.59 Å². The number of carboxylic acids is 1. The van der Waals surface area contributed by atoms with Gasteiger partial charge in [0.15, 0.2) is 0 Å². The van der Waals surface area contributed by atoms with E-state index >= 15 is 0 Å². The molecule has 1 N–H and O–H groups in total. The maximum atomic E-state index is 11.9. The number of amides is 1. The first-order valence-corrected chi connectivity index (χ1v) is 6.64. The van der Waals surface area contributed by atoms with Crippen LogP contribution in [0, 0.1) is 11.8 Å². The van der Waals surface area contributed by atoms with Crippen LogP contribution in [0.25, 0.3) is 0 Å². The quantitative estimate of drug-likeness (QED) is 0.815. The zero-order valence-corrected chi connectivity index (χ0v) is 10.2. The van der Waals surface area contributed by atoms with Crippen molar-refractivity contribution in [3.8, 4) is 0 Å². The fraction of sp³-hybridized carbons (Fsp3) is 0.846. The van der Waals surface area contributed by atoms with Gasteiger partial charge in [0.25, 0.3) is 0 Å². The van der Waals surface area contributed by atoms with Gasteiger partial charge in [-0.15, -0.1) is 0 Å². The van der Waals surface area contributed by atoms with Gasteiger partial charge in [0.1, 0.15) is 0 Å². The minimum Gasteiger partial charge on any atom is -0.481 e. The van der Waals surface area contributed by atoms with Crippen molar-refractivity contribution in [3.05, 3.63) is 0 Å². The van der Waals surface area contributed by atoms with Gasteiger partial charge in [-0.1, -0.05) is 6.42 Å². The molecule has 96 valence electrons. The lowest BCUT2D eigenvalue weighted by Gasteiger charge is -2.24. The molecule has 1 saturated heterocycles. The van der Waals surface area contributed by atoms with E-state index in [-0.39, 0.29) is 12.3 Å². The highest BCUT2D eigenvalue weighted by molar-refractivity contribution is 5.77. The van der Waals surface area contributed by atoms with E-state index in [1.807, 2.05) is 4.90 Å². The summed E-state index contributed by atoms with van der Waals surface area (Å²) in [7, 11) is 0. The van der Waals surface area contributed by atoms with Crippen molar-refractivity contribution in [1.29, 1.82) is 0 Å². The van der Waals surface area contributed by atoms with Crippen LogP contribution < -0.4 is 0 Å². The molecule has 4 heteroatoms. The minimum absolute atomic E-state index is 0.103. The summed E-state index contributed by atoms with van der Waals surface area (Å²) in [4.78, 5) is 24.3. The molecule has 0 aromatic heterocycles. The average molecular weight is 239 g/mol. The van der Waals surface area contributed by atoms with Crippen LogP contribution in [0.5, 0.6) is 0 Å². The average Bonchev–Trinajstić information content (AvgIpc) is 2.57. The van der Waals surface area contributed by atoms with Gasteiger partial charge in [-0.05, 0) is 37.5 Å². The molecule has 1 heterocycles. The first-order valence-electron chi connectivity index (χ1n) is 6.64. The molecule has 1 amide bonds. The van der Waals surface area contributed by atoms with Gasteiger partial charge < -0.3 is 10.0 Å². The Morgan fingerprint density at radius 2 is 1.88 bits per heavy atom. The van der Waals surface area contributed by atoms with Crippen molar-refractivity contribution < 1.29 is 14.7 Å². The number of carboxylic acid groups (broad SMARTS) is 1. The van der Waals surface area contributed by atoms with Crippen molar-refractivity contribution in [2.24, 2.45) is 11.8 Å². The van der Waals surface area contributed by atoms with E-state index in [1.54, 1.807) is 0 Å².